The van der Waals surface area contributed by atoms with E-state index in [0.717, 1.165) is 18.7 Å². The molecule has 1 aromatic carbocycles. The Hall–Kier alpha value is -1.06. The van der Waals surface area contributed by atoms with Gasteiger partial charge in [0.2, 0.25) is 0 Å². The quantitative estimate of drug-likeness (QED) is 0.765. The van der Waals surface area contributed by atoms with Crippen LogP contribution in [0.25, 0.3) is 0 Å². The molecule has 0 saturated carbocycles. The topological polar surface area (TPSA) is 41.5 Å². The van der Waals surface area contributed by atoms with E-state index in [1.54, 1.807) is 0 Å². The van der Waals surface area contributed by atoms with Crippen LogP contribution in [0, 0.1) is 0 Å². The van der Waals surface area contributed by atoms with Crippen molar-refractivity contribution in [2.45, 2.75) is 45.9 Å². The zero-order chi connectivity index (χ0) is 12.7. The van der Waals surface area contributed by atoms with Gasteiger partial charge in [-0.2, -0.15) is 0 Å². The average Bonchev–Trinajstić information content (AvgIpc) is 2.26. The van der Waals surface area contributed by atoms with Gasteiger partial charge in [0.15, 0.2) is 0 Å². The molecule has 3 nitrogen and oxygen atoms in total. The highest BCUT2D eigenvalue weighted by molar-refractivity contribution is 5.28. The molecule has 0 aromatic heterocycles. The lowest BCUT2D eigenvalue weighted by atomic mass is 10.1. The van der Waals surface area contributed by atoms with E-state index in [9.17, 15) is 5.11 Å². The predicted octanol–water partition coefficient (Wildman–Crippen LogP) is 2.33. The van der Waals surface area contributed by atoms with E-state index in [1.807, 2.05) is 32.0 Å². The molecule has 0 aliphatic rings. The summed E-state index contributed by atoms with van der Waals surface area (Å²) in [4.78, 5) is 0. The van der Waals surface area contributed by atoms with Gasteiger partial charge in [-0.05, 0) is 44.9 Å². The van der Waals surface area contributed by atoms with E-state index in [4.69, 9.17) is 4.74 Å². The van der Waals surface area contributed by atoms with Gasteiger partial charge in [0.05, 0.1) is 12.7 Å². The van der Waals surface area contributed by atoms with Crippen molar-refractivity contribution >= 4 is 0 Å². The van der Waals surface area contributed by atoms with Crippen LogP contribution in [-0.2, 0) is 6.54 Å². The maximum atomic E-state index is 9.27. The van der Waals surface area contributed by atoms with Crippen molar-refractivity contribution < 1.29 is 9.84 Å². The Morgan fingerprint density at radius 2 is 2.12 bits per heavy atom. The molecule has 0 heterocycles. The number of ether oxygens (including phenoxy) is 1. The van der Waals surface area contributed by atoms with Crippen LogP contribution < -0.4 is 10.1 Å². The molecule has 1 rings (SSSR count). The van der Waals surface area contributed by atoms with Gasteiger partial charge in [-0.1, -0.05) is 12.1 Å². The molecule has 0 spiro atoms. The molecule has 0 aliphatic carbocycles. The van der Waals surface area contributed by atoms with Crippen molar-refractivity contribution in [3.05, 3.63) is 29.8 Å². The molecule has 1 aromatic rings. The van der Waals surface area contributed by atoms with E-state index >= 15 is 0 Å². The standard InChI is InChI=1S/C14H23NO2/c1-4-17-14-7-5-6-13(9-14)10-15-11(2)8-12(3)16/h5-7,9,11-12,15-16H,4,8,10H2,1-3H3. The van der Waals surface area contributed by atoms with Crippen molar-refractivity contribution in [1.29, 1.82) is 0 Å². The van der Waals surface area contributed by atoms with Gasteiger partial charge < -0.3 is 15.2 Å². The van der Waals surface area contributed by atoms with Crippen LogP contribution >= 0.6 is 0 Å². The fourth-order valence-corrected chi connectivity index (χ4v) is 1.80. The number of rotatable bonds is 7. The minimum atomic E-state index is -0.257. The summed E-state index contributed by atoms with van der Waals surface area (Å²) in [6.45, 7) is 7.37. The van der Waals surface area contributed by atoms with Crippen LogP contribution in [0.1, 0.15) is 32.8 Å². The third kappa shape index (κ3) is 5.71. The highest BCUT2D eigenvalue weighted by Gasteiger charge is 2.05. The van der Waals surface area contributed by atoms with Crippen LogP contribution in [-0.4, -0.2) is 23.9 Å². The number of aliphatic hydroxyl groups is 1. The molecule has 0 fully saturated rings. The number of hydrogen-bond acceptors (Lipinski definition) is 3. The molecule has 0 aliphatic heterocycles. The molecule has 0 saturated heterocycles. The van der Waals surface area contributed by atoms with Crippen molar-refractivity contribution in [1.82, 2.24) is 5.32 Å². The summed E-state index contributed by atoms with van der Waals surface area (Å²) < 4.78 is 5.45. The maximum absolute atomic E-state index is 9.27. The number of nitrogens with one attached hydrogen (secondary N) is 1. The van der Waals surface area contributed by atoms with E-state index in [0.29, 0.717) is 12.6 Å². The largest absolute Gasteiger partial charge is 0.494 e. The first-order chi connectivity index (χ1) is 8.11. The third-order valence-electron chi connectivity index (χ3n) is 2.56. The fourth-order valence-electron chi connectivity index (χ4n) is 1.80. The van der Waals surface area contributed by atoms with Crippen LogP contribution in [0.2, 0.25) is 0 Å². The lowest BCUT2D eigenvalue weighted by Gasteiger charge is -2.15. The Balaban J connectivity index is 2.43. The summed E-state index contributed by atoms with van der Waals surface area (Å²) in [6.07, 6.45) is 0.512. The molecule has 0 radical (unpaired) electrons. The molecule has 3 heteroatoms. The Morgan fingerprint density at radius 1 is 1.35 bits per heavy atom. The molecule has 2 unspecified atom stereocenters. The lowest BCUT2D eigenvalue weighted by Crippen LogP contribution is -2.28. The lowest BCUT2D eigenvalue weighted by molar-refractivity contribution is 0.170. The van der Waals surface area contributed by atoms with Crippen molar-refractivity contribution in [3.8, 4) is 5.75 Å². The molecule has 2 N–H and O–H groups in total. The van der Waals surface area contributed by atoms with Crippen molar-refractivity contribution in [2.24, 2.45) is 0 Å². The summed E-state index contributed by atoms with van der Waals surface area (Å²) in [5.41, 5.74) is 1.20. The number of aliphatic hydroxyl groups excluding tert-OH is 1. The summed E-state index contributed by atoms with van der Waals surface area (Å²) in [5, 5.41) is 12.7. The Morgan fingerprint density at radius 3 is 2.76 bits per heavy atom. The van der Waals surface area contributed by atoms with E-state index in [-0.39, 0.29) is 6.10 Å². The molecule has 96 valence electrons. The molecule has 17 heavy (non-hydrogen) atoms. The summed E-state index contributed by atoms with van der Waals surface area (Å²) >= 11 is 0. The van der Waals surface area contributed by atoms with Crippen molar-refractivity contribution in [2.75, 3.05) is 6.61 Å². The summed E-state index contributed by atoms with van der Waals surface area (Å²) in [5.74, 6) is 0.912. The van der Waals surface area contributed by atoms with Gasteiger partial charge in [0.1, 0.15) is 5.75 Å². The van der Waals surface area contributed by atoms with Crippen molar-refractivity contribution in [3.63, 3.8) is 0 Å². The minimum Gasteiger partial charge on any atom is -0.494 e. The molecule has 2 atom stereocenters. The van der Waals surface area contributed by atoms with Gasteiger partial charge in [-0.15, -0.1) is 0 Å². The second kappa shape index (κ2) is 7.30. The van der Waals surface area contributed by atoms with Gasteiger partial charge in [0.25, 0.3) is 0 Å². The number of benzene rings is 1. The Labute approximate surface area is 104 Å². The van der Waals surface area contributed by atoms with Crippen LogP contribution in [0.4, 0.5) is 0 Å². The SMILES string of the molecule is CCOc1cccc(CNC(C)CC(C)O)c1. The predicted molar refractivity (Wildman–Crippen MR) is 70.2 cm³/mol. The third-order valence-corrected chi connectivity index (χ3v) is 2.56. The molecule has 0 amide bonds. The van der Waals surface area contributed by atoms with E-state index in [1.165, 1.54) is 5.56 Å². The van der Waals surface area contributed by atoms with Gasteiger partial charge >= 0.3 is 0 Å². The second-order valence-electron chi connectivity index (χ2n) is 4.45. The van der Waals surface area contributed by atoms with Crippen LogP contribution in [0.15, 0.2) is 24.3 Å². The van der Waals surface area contributed by atoms with E-state index in [2.05, 4.69) is 18.3 Å². The second-order valence-corrected chi connectivity index (χ2v) is 4.45. The van der Waals surface area contributed by atoms with Gasteiger partial charge in [0, 0.05) is 12.6 Å². The Kier molecular flexibility index (Phi) is 6.01. The monoisotopic (exact) mass is 237 g/mol. The normalized spacial score (nSPS) is 14.4. The van der Waals surface area contributed by atoms with E-state index < -0.39 is 0 Å². The molecular formula is C14H23NO2. The fraction of sp³-hybridized carbons (Fsp3) is 0.571. The zero-order valence-corrected chi connectivity index (χ0v) is 10.9. The van der Waals surface area contributed by atoms with Gasteiger partial charge in [-0.3, -0.25) is 0 Å². The summed E-state index contributed by atoms with van der Waals surface area (Å²) in [6, 6.07) is 8.40. The highest BCUT2D eigenvalue weighted by Crippen LogP contribution is 2.13. The van der Waals surface area contributed by atoms with Crippen LogP contribution in [0.3, 0.4) is 0 Å². The van der Waals surface area contributed by atoms with Gasteiger partial charge in [-0.25, -0.2) is 0 Å². The smallest absolute Gasteiger partial charge is 0.119 e. The first kappa shape index (κ1) is 14.0. The molecular weight excluding hydrogens is 214 g/mol. The number of hydrogen-bond donors (Lipinski definition) is 2. The minimum absolute atomic E-state index is 0.257. The summed E-state index contributed by atoms with van der Waals surface area (Å²) in [7, 11) is 0. The zero-order valence-electron chi connectivity index (χ0n) is 10.9. The van der Waals surface area contributed by atoms with Crippen LogP contribution in [0.5, 0.6) is 5.75 Å². The molecule has 0 bridgehead atoms. The first-order valence-electron chi connectivity index (χ1n) is 6.25. The Bertz CT molecular complexity index is 326. The highest BCUT2D eigenvalue weighted by atomic mass is 16.5. The maximum Gasteiger partial charge on any atom is 0.119 e. The first-order valence-corrected chi connectivity index (χ1v) is 6.25. The average molecular weight is 237 g/mol.